The maximum absolute atomic E-state index is 11.9. The van der Waals surface area contributed by atoms with Crippen molar-refractivity contribution in [1.29, 1.82) is 0 Å². The van der Waals surface area contributed by atoms with Gasteiger partial charge in [0.2, 0.25) is 0 Å². The van der Waals surface area contributed by atoms with Gasteiger partial charge in [-0.3, -0.25) is 4.90 Å². The van der Waals surface area contributed by atoms with Crippen molar-refractivity contribution in [3.05, 3.63) is 0 Å². The van der Waals surface area contributed by atoms with Crippen LogP contribution in [0.4, 0.5) is 0 Å². The van der Waals surface area contributed by atoms with E-state index in [9.17, 15) is 15.3 Å². The molecule has 2 saturated heterocycles. The Morgan fingerprint density at radius 1 is 1.00 bits per heavy atom. The van der Waals surface area contributed by atoms with Crippen molar-refractivity contribution < 1.29 is 34.3 Å². The van der Waals surface area contributed by atoms with Gasteiger partial charge in [-0.1, -0.05) is 34.1 Å². The Hall–Kier alpha value is -0.320. The third kappa shape index (κ3) is 4.88. The first-order valence-electron chi connectivity index (χ1n) is 19.0. The normalized spacial score (nSPS) is 49.3. The highest BCUT2D eigenvalue weighted by molar-refractivity contribution is 5.33. The van der Waals surface area contributed by atoms with Gasteiger partial charge in [0.1, 0.15) is 0 Å². The summed E-state index contributed by atoms with van der Waals surface area (Å²) in [4.78, 5) is 2.50. The van der Waals surface area contributed by atoms with E-state index in [1.165, 1.54) is 19.3 Å². The molecule has 2 spiro atoms. The molecule has 264 valence electrons. The average molecular weight is 648 g/mol. The highest BCUT2D eigenvalue weighted by atomic mass is 16.7. The average Bonchev–Trinajstić information content (AvgIpc) is 3.43. The van der Waals surface area contributed by atoms with Gasteiger partial charge >= 0.3 is 0 Å². The van der Waals surface area contributed by atoms with Gasteiger partial charge < -0.3 is 34.3 Å². The number of fused-ring (bicyclic) bond motifs is 2. The highest BCUT2D eigenvalue weighted by Gasteiger charge is 2.85. The molecule has 3 N–H and O–H groups in total. The summed E-state index contributed by atoms with van der Waals surface area (Å²) in [5, 5.41) is 34.2. The zero-order chi connectivity index (χ0) is 32.9. The zero-order valence-corrected chi connectivity index (χ0v) is 29.9. The molecule has 0 aromatic heterocycles. The molecule has 0 bridgehead atoms. The van der Waals surface area contributed by atoms with Crippen LogP contribution in [-0.2, 0) is 18.9 Å². The lowest BCUT2D eigenvalue weighted by Gasteiger charge is -2.60. The first-order chi connectivity index (χ1) is 21.7. The van der Waals surface area contributed by atoms with Crippen molar-refractivity contribution in [2.75, 3.05) is 39.5 Å². The van der Waals surface area contributed by atoms with Gasteiger partial charge in [0.05, 0.1) is 62.4 Å². The van der Waals surface area contributed by atoms with Crippen LogP contribution < -0.4 is 0 Å². The van der Waals surface area contributed by atoms with Crippen LogP contribution in [0.2, 0.25) is 0 Å². The molecule has 0 radical (unpaired) electrons. The molecule has 13 atom stereocenters. The Balaban J connectivity index is 1.05. The summed E-state index contributed by atoms with van der Waals surface area (Å²) in [6, 6.07) is 0.515. The number of hydrogen-bond acceptors (Lipinski definition) is 8. The van der Waals surface area contributed by atoms with Crippen molar-refractivity contribution in [3.8, 4) is 0 Å². The number of hydrogen-bond donors (Lipinski definition) is 3. The predicted octanol–water partition coefficient (Wildman–Crippen LogP) is 5.01. The van der Waals surface area contributed by atoms with Crippen molar-refractivity contribution in [3.63, 3.8) is 0 Å². The van der Waals surface area contributed by atoms with Gasteiger partial charge in [0, 0.05) is 13.2 Å². The van der Waals surface area contributed by atoms with Crippen LogP contribution in [0, 0.1) is 51.2 Å². The molecule has 7 rings (SSSR count). The Labute approximate surface area is 278 Å². The summed E-state index contributed by atoms with van der Waals surface area (Å²) in [6.45, 7) is 20.3. The largest absolute Gasteiger partial charge is 0.390 e. The predicted molar refractivity (Wildman–Crippen MR) is 176 cm³/mol. The molecule has 7 fully saturated rings. The molecule has 7 aliphatic rings. The lowest BCUT2D eigenvalue weighted by Crippen LogP contribution is -2.58. The second-order valence-electron chi connectivity index (χ2n) is 18.2. The lowest BCUT2D eigenvalue weighted by molar-refractivity contribution is -0.254. The van der Waals surface area contributed by atoms with E-state index in [-0.39, 0.29) is 46.6 Å². The van der Waals surface area contributed by atoms with Crippen molar-refractivity contribution in [2.45, 2.75) is 149 Å². The van der Waals surface area contributed by atoms with Crippen LogP contribution in [0.3, 0.4) is 0 Å². The van der Waals surface area contributed by atoms with E-state index in [1.807, 2.05) is 20.8 Å². The van der Waals surface area contributed by atoms with E-state index >= 15 is 0 Å². The molecule has 5 aliphatic carbocycles. The minimum Gasteiger partial charge on any atom is -0.390 e. The van der Waals surface area contributed by atoms with E-state index in [4.69, 9.17) is 18.9 Å². The van der Waals surface area contributed by atoms with Gasteiger partial charge in [0.15, 0.2) is 6.29 Å². The SMILES string of the molecule is CCO[C@@H](CCC[C@H]1[C@H](O)C(O)C2[C@@H]3CCC4C(C)(C)[C@@H](OC5CN(C6COC6)CCO5)CCC45[C@@H](C)[C@@]35CC[C@@]21C)C(C)(C)O. The van der Waals surface area contributed by atoms with Gasteiger partial charge in [0.25, 0.3) is 0 Å². The number of nitrogens with zero attached hydrogens (tertiary/aromatic N) is 1. The van der Waals surface area contributed by atoms with E-state index in [0.717, 1.165) is 71.4 Å². The minimum absolute atomic E-state index is 0.0564. The summed E-state index contributed by atoms with van der Waals surface area (Å²) >= 11 is 0. The van der Waals surface area contributed by atoms with Crippen molar-refractivity contribution in [2.24, 2.45) is 51.2 Å². The molecule has 0 amide bonds. The van der Waals surface area contributed by atoms with Crippen LogP contribution in [0.15, 0.2) is 0 Å². The smallest absolute Gasteiger partial charge is 0.170 e. The van der Waals surface area contributed by atoms with E-state index in [2.05, 4.69) is 32.6 Å². The Bertz CT molecular complexity index is 1110. The summed E-state index contributed by atoms with van der Waals surface area (Å²) in [7, 11) is 0. The van der Waals surface area contributed by atoms with Gasteiger partial charge in [-0.05, 0) is 123 Å². The summed E-state index contributed by atoms with van der Waals surface area (Å²) < 4.78 is 24.5. The fourth-order valence-electron chi connectivity index (χ4n) is 13.6. The Kier molecular flexibility index (Phi) is 8.82. The molecule has 0 aromatic carbocycles. The van der Waals surface area contributed by atoms with Crippen LogP contribution in [0.5, 0.6) is 0 Å². The molecule has 46 heavy (non-hydrogen) atoms. The molecule has 0 aromatic rings. The molecule has 5 unspecified atom stereocenters. The van der Waals surface area contributed by atoms with Gasteiger partial charge in [-0.25, -0.2) is 0 Å². The third-order valence-corrected chi connectivity index (χ3v) is 15.8. The van der Waals surface area contributed by atoms with E-state index in [0.29, 0.717) is 35.8 Å². The fraction of sp³-hybridized carbons (Fsp3) is 1.00. The second-order valence-corrected chi connectivity index (χ2v) is 18.2. The van der Waals surface area contributed by atoms with Crippen molar-refractivity contribution in [1.82, 2.24) is 4.90 Å². The molecular formula is C38H65NO7. The molecule has 2 heterocycles. The number of ether oxygens (including phenoxy) is 4. The monoisotopic (exact) mass is 647 g/mol. The summed E-state index contributed by atoms with van der Waals surface area (Å²) in [5.41, 5.74) is -0.326. The maximum Gasteiger partial charge on any atom is 0.170 e. The summed E-state index contributed by atoms with van der Waals surface area (Å²) in [5.74, 6) is 1.94. The van der Waals surface area contributed by atoms with Gasteiger partial charge in [-0.15, -0.1) is 0 Å². The van der Waals surface area contributed by atoms with E-state index < -0.39 is 17.8 Å². The second kappa shape index (κ2) is 11.9. The number of morpholine rings is 1. The maximum atomic E-state index is 11.9. The standard InChI is InChI=1S/C38H65NO7/c1-8-44-29(35(5,6)42)11-9-10-26-32(40)33(41)31-25-12-13-27-34(3,4)28(46-30-20-39(18-19-45-30)24-21-43-22-24)14-15-38(27)23(2)37(25,38)17-16-36(26,31)7/h23-33,40-42H,8-22H2,1-7H3/t23-,25-,26-,27?,28-,29-,30?,31?,32-,33?,36+,37-,38?/m0/s1. The van der Waals surface area contributed by atoms with Crippen LogP contribution >= 0.6 is 0 Å². The third-order valence-electron chi connectivity index (χ3n) is 15.8. The minimum atomic E-state index is -0.893. The van der Waals surface area contributed by atoms with Crippen molar-refractivity contribution >= 4 is 0 Å². The number of aliphatic hydroxyl groups is 3. The topological polar surface area (TPSA) is 101 Å². The van der Waals surface area contributed by atoms with Crippen LogP contribution in [-0.4, -0.2) is 102 Å². The van der Waals surface area contributed by atoms with E-state index in [1.54, 1.807) is 0 Å². The molecule has 8 nitrogen and oxygen atoms in total. The Morgan fingerprint density at radius 3 is 2.43 bits per heavy atom. The van der Waals surface area contributed by atoms with Gasteiger partial charge in [-0.2, -0.15) is 0 Å². The summed E-state index contributed by atoms with van der Waals surface area (Å²) in [6.07, 6.45) is 7.91. The number of aliphatic hydroxyl groups excluding tert-OH is 2. The zero-order valence-electron chi connectivity index (χ0n) is 29.9. The van der Waals surface area contributed by atoms with Crippen LogP contribution in [0.25, 0.3) is 0 Å². The Morgan fingerprint density at radius 2 is 1.76 bits per heavy atom. The molecule has 8 heteroatoms. The lowest BCUT2D eigenvalue weighted by atomic mass is 9.46. The van der Waals surface area contributed by atoms with Crippen LogP contribution in [0.1, 0.15) is 106 Å². The quantitative estimate of drug-likeness (QED) is 0.304. The highest BCUT2D eigenvalue weighted by Crippen LogP contribution is 2.89. The number of rotatable bonds is 10. The molecule has 5 saturated carbocycles. The fourth-order valence-corrected chi connectivity index (χ4v) is 13.6. The molecule has 2 aliphatic heterocycles. The molecular weight excluding hydrogens is 582 g/mol. The first-order valence-corrected chi connectivity index (χ1v) is 19.0. The first kappa shape index (κ1) is 34.1.